The Kier molecular flexibility index (Phi) is 5.86. The van der Waals surface area contributed by atoms with Crippen LogP contribution in [0.25, 0.3) is 0 Å². The number of anilines is 1. The van der Waals surface area contributed by atoms with Gasteiger partial charge in [-0.15, -0.1) is 0 Å². The van der Waals surface area contributed by atoms with Crippen LogP contribution < -0.4 is 20.1 Å². The molecule has 0 spiro atoms. The number of fused-ring (bicyclic) bond motifs is 1. The molecule has 0 bridgehead atoms. The maximum atomic E-state index is 12.8. The molecule has 0 unspecified atom stereocenters. The minimum Gasteiger partial charge on any atom is -0.454 e. The number of amides is 2. The SMILES string of the molecule is CC(C)C[C@H](NC(=O)c1ccc(Cl)cc1)C(=O)Nc1ccc2c(c1)OCO2. The number of rotatable bonds is 6. The largest absolute Gasteiger partial charge is 0.454 e. The van der Waals surface area contributed by atoms with Crippen molar-refractivity contribution >= 4 is 29.1 Å². The highest BCUT2D eigenvalue weighted by Gasteiger charge is 2.23. The zero-order valence-corrected chi connectivity index (χ0v) is 15.9. The van der Waals surface area contributed by atoms with E-state index in [1.807, 2.05) is 13.8 Å². The van der Waals surface area contributed by atoms with Crippen molar-refractivity contribution in [2.45, 2.75) is 26.3 Å². The van der Waals surface area contributed by atoms with E-state index in [0.29, 0.717) is 34.2 Å². The van der Waals surface area contributed by atoms with Crippen LogP contribution in [-0.4, -0.2) is 24.6 Å². The summed E-state index contributed by atoms with van der Waals surface area (Å²) in [6, 6.07) is 11.0. The van der Waals surface area contributed by atoms with Gasteiger partial charge in [-0.3, -0.25) is 9.59 Å². The van der Waals surface area contributed by atoms with E-state index >= 15 is 0 Å². The Labute approximate surface area is 162 Å². The fourth-order valence-electron chi connectivity index (χ4n) is 2.75. The van der Waals surface area contributed by atoms with Crippen LogP contribution in [0.5, 0.6) is 11.5 Å². The normalized spacial score (nSPS) is 13.3. The zero-order valence-electron chi connectivity index (χ0n) is 15.1. The Morgan fingerprint density at radius 1 is 1.07 bits per heavy atom. The minimum atomic E-state index is -0.668. The minimum absolute atomic E-state index is 0.167. The van der Waals surface area contributed by atoms with Crippen LogP contribution >= 0.6 is 11.6 Å². The molecule has 1 atom stereocenters. The second-order valence-corrected chi connectivity index (χ2v) is 7.16. The molecule has 0 radical (unpaired) electrons. The van der Waals surface area contributed by atoms with E-state index in [9.17, 15) is 9.59 Å². The molecule has 0 aromatic heterocycles. The van der Waals surface area contributed by atoms with Crippen LogP contribution in [0.4, 0.5) is 5.69 Å². The van der Waals surface area contributed by atoms with Gasteiger partial charge in [0, 0.05) is 22.3 Å². The third-order valence-electron chi connectivity index (χ3n) is 4.08. The van der Waals surface area contributed by atoms with Gasteiger partial charge in [-0.2, -0.15) is 0 Å². The number of benzene rings is 2. The zero-order chi connectivity index (χ0) is 19.4. The molecule has 1 heterocycles. The molecule has 1 aliphatic heterocycles. The Morgan fingerprint density at radius 3 is 2.48 bits per heavy atom. The molecule has 1 aliphatic rings. The van der Waals surface area contributed by atoms with Gasteiger partial charge in [0.05, 0.1) is 0 Å². The first-order valence-corrected chi connectivity index (χ1v) is 9.07. The second-order valence-electron chi connectivity index (χ2n) is 6.72. The van der Waals surface area contributed by atoms with Gasteiger partial charge in [-0.05, 0) is 48.7 Å². The summed E-state index contributed by atoms with van der Waals surface area (Å²) in [5, 5.41) is 6.19. The standard InChI is InChI=1S/C20H21ClN2O4/c1-12(2)9-16(23-19(24)13-3-5-14(21)6-4-13)20(25)22-15-7-8-17-18(10-15)27-11-26-17/h3-8,10,12,16H,9,11H2,1-2H3,(H,22,25)(H,23,24)/t16-/m0/s1. The van der Waals surface area contributed by atoms with Gasteiger partial charge in [-0.1, -0.05) is 25.4 Å². The Balaban J connectivity index is 1.70. The topological polar surface area (TPSA) is 76.7 Å². The average molecular weight is 389 g/mol. The maximum absolute atomic E-state index is 12.8. The number of hydrogen-bond donors (Lipinski definition) is 2. The van der Waals surface area contributed by atoms with Crippen molar-refractivity contribution in [3.63, 3.8) is 0 Å². The fraction of sp³-hybridized carbons (Fsp3) is 0.300. The van der Waals surface area contributed by atoms with Crippen LogP contribution in [0, 0.1) is 5.92 Å². The van der Waals surface area contributed by atoms with E-state index in [4.69, 9.17) is 21.1 Å². The van der Waals surface area contributed by atoms with Crippen molar-refractivity contribution in [3.8, 4) is 11.5 Å². The van der Waals surface area contributed by atoms with E-state index in [-0.39, 0.29) is 24.5 Å². The van der Waals surface area contributed by atoms with Crippen LogP contribution in [-0.2, 0) is 4.79 Å². The van der Waals surface area contributed by atoms with E-state index in [0.717, 1.165) is 0 Å². The lowest BCUT2D eigenvalue weighted by Crippen LogP contribution is -2.44. The third-order valence-corrected chi connectivity index (χ3v) is 4.33. The van der Waals surface area contributed by atoms with Crippen molar-refractivity contribution in [1.82, 2.24) is 5.32 Å². The van der Waals surface area contributed by atoms with Crippen LogP contribution in [0.3, 0.4) is 0 Å². The summed E-state index contributed by atoms with van der Waals surface area (Å²) in [6.45, 7) is 4.16. The molecule has 2 N–H and O–H groups in total. The molecule has 2 aromatic carbocycles. The molecule has 27 heavy (non-hydrogen) atoms. The molecule has 6 nitrogen and oxygen atoms in total. The Bertz CT molecular complexity index is 836. The molecule has 0 aliphatic carbocycles. The van der Waals surface area contributed by atoms with Crippen LogP contribution in [0.15, 0.2) is 42.5 Å². The summed E-state index contributed by atoms with van der Waals surface area (Å²) >= 11 is 5.86. The summed E-state index contributed by atoms with van der Waals surface area (Å²) in [7, 11) is 0. The lowest BCUT2D eigenvalue weighted by molar-refractivity contribution is -0.118. The summed E-state index contributed by atoms with van der Waals surface area (Å²) < 4.78 is 10.6. The van der Waals surface area contributed by atoms with Gasteiger partial charge in [0.25, 0.3) is 5.91 Å². The number of carbonyl (C=O) groups excluding carboxylic acids is 2. The van der Waals surface area contributed by atoms with Crippen molar-refractivity contribution in [3.05, 3.63) is 53.1 Å². The predicted molar refractivity (Wildman–Crippen MR) is 103 cm³/mol. The van der Waals surface area contributed by atoms with E-state index < -0.39 is 6.04 Å². The van der Waals surface area contributed by atoms with Gasteiger partial charge in [0.1, 0.15) is 6.04 Å². The van der Waals surface area contributed by atoms with Crippen molar-refractivity contribution < 1.29 is 19.1 Å². The molecule has 2 amide bonds. The molecule has 0 fully saturated rings. The van der Waals surface area contributed by atoms with Gasteiger partial charge in [0.15, 0.2) is 11.5 Å². The summed E-state index contributed by atoms with van der Waals surface area (Å²) in [6.07, 6.45) is 0.510. The van der Waals surface area contributed by atoms with Gasteiger partial charge in [0.2, 0.25) is 12.7 Å². The first-order chi connectivity index (χ1) is 12.9. The Morgan fingerprint density at radius 2 is 1.78 bits per heavy atom. The molecule has 0 saturated heterocycles. The fourth-order valence-corrected chi connectivity index (χ4v) is 2.88. The average Bonchev–Trinajstić information content (AvgIpc) is 3.09. The number of carbonyl (C=O) groups is 2. The van der Waals surface area contributed by atoms with Crippen molar-refractivity contribution in [2.75, 3.05) is 12.1 Å². The van der Waals surface area contributed by atoms with Crippen molar-refractivity contribution in [1.29, 1.82) is 0 Å². The quantitative estimate of drug-likeness (QED) is 0.788. The smallest absolute Gasteiger partial charge is 0.251 e. The Hall–Kier alpha value is -2.73. The molecule has 0 saturated carbocycles. The molecule has 142 valence electrons. The second kappa shape index (κ2) is 8.31. The molecule has 2 aromatic rings. The first kappa shape index (κ1) is 19.0. The summed E-state index contributed by atoms with van der Waals surface area (Å²) in [5.41, 5.74) is 1.03. The van der Waals surface area contributed by atoms with Crippen LogP contribution in [0.1, 0.15) is 30.6 Å². The van der Waals surface area contributed by atoms with E-state index in [2.05, 4.69) is 10.6 Å². The highest BCUT2D eigenvalue weighted by Crippen LogP contribution is 2.34. The maximum Gasteiger partial charge on any atom is 0.251 e. The number of nitrogens with one attached hydrogen (secondary N) is 2. The predicted octanol–water partition coefficient (Wildman–Crippen LogP) is 3.85. The van der Waals surface area contributed by atoms with E-state index in [1.165, 1.54) is 0 Å². The lowest BCUT2D eigenvalue weighted by atomic mass is 10.0. The number of hydrogen-bond acceptors (Lipinski definition) is 4. The van der Waals surface area contributed by atoms with Gasteiger partial charge >= 0.3 is 0 Å². The molecular formula is C20H21ClN2O4. The molecule has 7 heteroatoms. The van der Waals surface area contributed by atoms with Gasteiger partial charge in [-0.25, -0.2) is 0 Å². The summed E-state index contributed by atoms with van der Waals surface area (Å²) in [4.78, 5) is 25.2. The highest BCUT2D eigenvalue weighted by molar-refractivity contribution is 6.30. The monoisotopic (exact) mass is 388 g/mol. The first-order valence-electron chi connectivity index (χ1n) is 8.69. The number of ether oxygens (including phenoxy) is 2. The van der Waals surface area contributed by atoms with E-state index in [1.54, 1.807) is 42.5 Å². The highest BCUT2D eigenvalue weighted by atomic mass is 35.5. The van der Waals surface area contributed by atoms with Gasteiger partial charge < -0.3 is 20.1 Å². The lowest BCUT2D eigenvalue weighted by Gasteiger charge is -2.20. The summed E-state index contributed by atoms with van der Waals surface area (Å²) in [5.74, 6) is 0.840. The van der Waals surface area contributed by atoms with Crippen molar-refractivity contribution in [2.24, 2.45) is 5.92 Å². The third kappa shape index (κ3) is 4.92. The molecule has 3 rings (SSSR count). The number of halogens is 1. The molecular weight excluding hydrogens is 368 g/mol. The van der Waals surface area contributed by atoms with Crippen LogP contribution in [0.2, 0.25) is 5.02 Å².